The van der Waals surface area contributed by atoms with Crippen LogP contribution in [0.15, 0.2) is 53.5 Å². The van der Waals surface area contributed by atoms with Crippen LogP contribution in [-0.2, 0) is 24.2 Å². The molecule has 0 saturated heterocycles. The van der Waals surface area contributed by atoms with E-state index in [4.69, 9.17) is 16.9 Å². The first-order chi connectivity index (χ1) is 16.6. The number of nitro groups is 1. The molecule has 0 saturated carbocycles. The standard InChI is InChI=1S/C23H26N8O3S/c1-14(32)27-23-29-19(12-5-15-3-8-17(9-4-15)28-22(25)26)20(35-23)13-30(2)21(24)16-6-10-18(11-7-16)31(33)34/h3-4,6-11,24H,5,12-13H2,1-2H3,(H4,25,26,28)(H,27,29,32). The molecule has 0 atom stereocenters. The van der Waals surface area contributed by atoms with Crippen molar-refractivity contribution in [1.82, 2.24) is 9.88 Å². The molecule has 0 fully saturated rings. The van der Waals surface area contributed by atoms with E-state index in [9.17, 15) is 14.9 Å². The van der Waals surface area contributed by atoms with E-state index in [0.717, 1.165) is 16.1 Å². The van der Waals surface area contributed by atoms with Gasteiger partial charge in [0.15, 0.2) is 11.1 Å². The van der Waals surface area contributed by atoms with Crippen LogP contribution in [0.3, 0.4) is 0 Å². The van der Waals surface area contributed by atoms with Gasteiger partial charge >= 0.3 is 0 Å². The van der Waals surface area contributed by atoms with Crippen LogP contribution >= 0.6 is 11.3 Å². The van der Waals surface area contributed by atoms with E-state index in [1.54, 1.807) is 24.1 Å². The number of amidine groups is 1. The number of nitrogens with two attached hydrogens (primary N) is 2. The molecule has 2 aromatic carbocycles. The van der Waals surface area contributed by atoms with Crippen molar-refractivity contribution < 1.29 is 9.72 Å². The lowest BCUT2D eigenvalue weighted by molar-refractivity contribution is -0.384. The Morgan fingerprint density at radius 3 is 2.40 bits per heavy atom. The predicted octanol–water partition coefficient (Wildman–Crippen LogP) is 3.16. The van der Waals surface area contributed by atoms with Crippen LogP contribution in [0.5, 0.6) is 0 Å². The molecule has 0 aliphatic rings. The normalized spacial score (nSPS) is 10.5. The van der Waals surface area contributed by atoms with Crippen LogP contribution in [0.2, 0.25) is 0 Å². The van der Waals surface area contributed by atoms with Gasteiger partial charge in [0.05, 0.1) is 22.8 Å². The lowest BCUT2D eigenvalue weighted by atomic mass is 10.1. The molecule has 0 unspecified atom stereocenters. The number of carbonyl (C=O) groups is 1. The van der Waals surface area contributed by atoms with E-state index < -0.39 is 4.92 Å². The highest BCUT2D eigenvalue weighted by molar-refractivity contribution is 7.15. The summed E-state index contributed by atoms with van der Waals surface area (Å²) in [5.74, 6) is 0.00794. The van der Waals surface area contributed by atoms with E-state index >= 15 is 0 Å². The average Bonchev–Trinajstić information content (AvgIpc) is 3.17. The van der Waals surface area contributed by atoms with Crippen molar-refractivity contribution in [3.8, 4) is 0 Å². The Hall–Kier alpha value is -4.32. The molecule has 0 bridgehead atoms. The van der Waals surface area contributed by atoms with Gasteiger partial charge < -0.3 is 21.7 Å². The average molecular weight is 495 g/mol. The summed E-state index contributed by atoms with van der Waals surface area (Å²) >= 11 is 1.36. The highest BCUT2D eigenvalue weighted by Gasteiger charge is 2.17. The number of nitrogens with zero attached hydrogens (tertiary/aromatic N) is 4. The fraction of sp³-hybridized carbons (Fsp3) is 0.217. The predicted molar refractivity (Wildman–Crippen MR) is 137 cm³/mol. The van der Waals surface area contributed by atoms with Gasteiger partial charge in [0.2, 0.25) is 5.91 Å². The van der Waals surface area contributed by atoms with Crippen LogP contribution in [0.4, 0.5) is 16.5 Å². The summed E-state index contributed by atoms with van der Waals surface area (Å²) in [6.45, 7) is 1.82. The highest BCUT2D eigenvalue weighted by Crippen LogP contribution is 2.27. The molecule has 11 nitrogen and oxygen atoms in total. The molecular formula is C23H26N8O3S. The minimum absolute atomic E-state index is 0.00113. The molecule has 3 rings (SSSR count). The number of nitrogens with one attached hydrogen (secondary N) is 2. The van der Waals surface area contributed by atoms with Crippen LogP contribution in [0.25, 0.3) is 0 Å². The van der Waals surface area contributed by atoms with Gasteiger partial charge in [-0.2, -0.15) is 0 Å². The Morgan fingerprint density at radius 2 is 1.83 bits per heavy atom. The van der Waals surface area contributed by atoms with Gasteiger partial charge in [0.1, 0.15) is 5.84 Å². The number of aryl methyl sites for hydroxylation is 2. The summed E-state index contributed by atoms with van der Waals surface area (Å²) in [4.78, 5) is 33.2. The number of non-ortho nitro benzene ring substituents is 1. The monoisotopic (exact) mass is 494 g/mol. The van der Waals surface area contributed by atoms with Crippen molar-refractivity contribution in [1.29, 1.82) is 5.41 Å². The zero-order valence-electron chi connectivity index (χ0n) is 19.3. The Bertz CT molecular complexity index is 1250. The third-order valence-corrected chi connectivity index (χ3v) is 6.02. The Morgan fingerprint density at radius 1 is 1.17 bits per heavy atom. The molecule has 35 heavy (non-hydrogen) atoms. The molecule has 182 valence electrons. The largest absolute Gasteiger partial charge is 0.370 e. The molecule has 1 aromatic heterocycles. The van der Waals surface area contributed by atoms with Crippen molar-refractivity contribution >= 4 is 45.5 Å². The van der Waals surface area contributed by atoms with Crippen LogP contribution < -0.4 is 16.8 Å². The first-order valence-corrected chi connectivity index (χ1v) is 11.4. The SMILES string of the molecule is CC(=O)Nc1nc(CCc2ccc(N=C(N)N)cc2)c(CN(C)C(=N)c2ccc([N+](=O)[O-])cc2)s1. The van der Waals surface area contributed by atoms with Crippen LogP contribution in [-0.4, -0.2) is 39.6 Å². The van der Waals surface area contributed by atoms with Gasteiger partial charge in [-0.1, -0.05) is 23.5 Å². The van der Waals surface area contributed by atoms with Crippen molar-refractivity contribution in [2.24, 2.45) is 16.5 Å². The molecule has 0 aliphatic heterocycles. The second-order valence-corrected chi connectivity index (χ2v) is 8.87. The minimum Gasteiger partial charge on any atom is -0.370 e. The topological polar surface area (TPSA) is 177 Å². The maximum absolute atomic E-state index is 11.5. The van der Waals surface area contributed by atoms with Gasteiger partial charge in [0.25, 0.3) is 5.69 Å². The number of hydrogen-bond acceptors (Lipinski definition) is 7. The summed E-state index contributed by atoms with van der Waals surface area (Å²) in [6, 6.07) is 13.4. The van der Waals surface area contributed by atoms with Crippen LogP contribution in [0, 0.1) is 15.5 Å². The maximum atomic E-state index is 11.5. The molecule has 0 radical (unpaired) electrons. The zero-order valence-corrected chi connectivity index (χ0v) is 20.1. The van der Waals surface area contributed by atoms with E-state index in [1.165, 1.54) is 30.4 Å². The van der Waals surface area contributed by atoms with Crippen molar-refractivity contribution in [3.63, 3.8) is 0 Å². The third-order valence-electron chi connectivity index (χ3n) is 5.02. The summed E-state index contributed by atoms with van der Waals surface area (Å²) in [6.07, 6.45) is 1.34. The summed E-state index contributed by atoms with van der Waals surface area (Å²) in [7, 11) is 1.77. The third kappa shape index (κ3) is 7.08. The smallest absolute Gasteiger partial charge is 0.269 e. The lowest BCUT2D eigenvalue weighted by Gasteiger charge is -2.20. The van der Waals surface area contributed by atoms with Gasteiger partial charge in [0, 0.05) is 36.5 Å². The fourth-order valence-electron chi connectivity index (χ4n) is 3.31. The summed E-state index contributed by atoms with van der Waals surface area (Å²) in [5.41, 5.74) is 13.9. The van der Waals surface area contributed by atoms with Crippen molar-refractivity contribution in [3.05, 3.63) is 80.3 Å². The first kappa shape index (κ1) is 25.3. The molecule has 0 spiro atoms. The molecular weight excluding hydrogens is 468 g/mol. The number of amides is 1. The number of aromatic nitrogens is 1. The van der Waals surface area contributed by atoms with E-state index in [2.05, 4.69) is 15.3 Å². The van der Waals surface area contributed by atoms with E-state index in [-0.39, 0.29) is 23.4 Å². The van der Waals surface area contributed by atoms with Crippen molar-refractivity contribution in [2.75, 3.05) is 12.4 Å². The molecule has 3 aromatic rings. The number of guanidine groups is 1. The number of hydrogen-bond donors (Lipinski definition) is 4. The molecule has 0 aliphatic carbocycles. The lowest BCUT2D eigenvalue weighted by Crippen LogP contribution is -2.26. The Labute approximate surface area is 206 Å². The quantitative estimate of drug-likeness (QED) is 0.153. The van der Waals surface area contributed by atoms with E-state index in [1.807, 2.05) is 24.3 Å². The number of aliphatic imine (C=N–C) groups is 1. The van der Waals surface area contributed by atoms with Gasteiger partial charge in [-0.3, -0.25) is 20.3 Å². The zero-order chi connectivity index (χ0) is 25.5. The minimum atomic E-state index is -0.474. The summed E-state index contributed by atoms with van der Waals surface area (Å²) in [5, 5.41) is 22.6. The molecule has 1 amide bonds. The van der Waals surface area contributed by atoms with Gasteiger partial charge in [-0.25, -0.2) is 9.98 Å². The number of rotatable bonds is 9. The highest BCUT2D eigenvalue weighted by atomic mass is 32.1. The molecule has 6 N–H and O–H groups in total. The van der Waals surface area contributed by atoms with E-state index in [0.29, 0.717) is 35.8 Å². The van der Waals surface area contributed by atoms with Crippen molar-refractivity contribution in [2.45, 2.75) is 26.3 Å². The maximum Gasteiger partial charge on any atom is 0.269 e. The number of carbonyl (C=O) groups excluding carboxylic acids is 1. The molecule has 1 heterocycles. The van der Waals surface area contributed by atoms with Gasteiger partial charge in [-0.05, 0) is 42.7 Å². The second-order valence-electron chi connectivity index (χ2n) is 7.78. The second kappa shape index (κ2) is 11.2. The molecule has 12 heteroatoms. The Balaban J connectivity index is 1.74. The number of nitro benzene ring substituents is 1. The number of anilines is 1. The number of benzene rings is 2. The summed E-state index contributed by atoms with van der Waals surface area (Å²) < 4.78 is 0. The van der Waals surface area contributed by atoms with Crippen LogP contribution in [0.1, 0.15) is 28.6 Å². The Kier molecular flexibility index (Phi) is 8.10. The number of thiazole rings is 1. The first-order valence-electron chi connectivity index (χ1n) is 10.6. The van der Waals surface area contributed by atoms with Gasteiger partial charge in [-0.15, -0.1) is 0 Å². The fourth-order valence-corrected chi connectivity index (χ4v) is 4.42.